The Kier molecular flexibility index (Phi) is 7.99. The van der Waals surface area contributed by atoms with E-state index in [1.807, 2.05) is 36.4 Å². The van der Waals surface area contributed by atoms with Crippen molar-refractivity contribution in [2.24, 2.45) is 20.7 Å². The molecule has 0 saturated carbocycles. The highest BCUT2D eigenvalue weighted by molar-refractivity contribution is 7.80. The Morgan fingerprint density at radius 2 is 1.66 bits per heavy atom. The molecular weight excluding hydrogens is 466 g/mol. The summed E-state index contributed by atoms with van der Waals surface area (Å²) in [6.45, 7) is 1.14. The van der Waals surface area contributed by atoms with Gasteiger partial charge in [0.25, 0.3) is 5.91 Å². The zero-order valence-electron chi connectivity index (χ0n) is 19.0. The first-order valence-electron chi connectivity index (χ1n) is 11.2. The van der Waals surface area contributed by atoms with Gasteiger partial charge in [0, 0.05) is 25.1 Å². The molecule has 2 aliphatic rings. The molecule has 0 bridgehead atoms. The van der Waals surface area contributed by atoms with Gasteiger partial charge in [-0.15, -0.1) is 0 Å². The quantitative estimate of drug-likeness (QED) is 0.333. The van der Waals surface area contributed by atoms with Gasteiger partial charge in [-0.25, -0.2) is 9.98 Å². The summed E-state index contributed by atoms with van der Waals surface area (Å²) in [5, 5.41) is 8.80. The lowest BCUT2D eigenvalue weighted by Crippen LogP contribution is -2.44. The Morgan fingerprint density at radius 3 is 2.37 bits per heavy atom. The van der Waals surface area contributed by atoms with Gasteiger partial charge in [0.15, 0.2) is 6.17 Å². The third kappa shape index (κ3) is 6.60. The standard InChI is InChI=1S/C24H27N7O3S/c25-24-30-21-20(28-14-29-21)23(31-24)34-13-17-3-1-15(2-4-17)12-27-22(33)18-7-5-16(6-8-18)11-26-19(32)9-10-35/h1-8,14,20-21,35H,9-13H2,(H2,25,30)(H,26,32)(H,27,33)(H,28,29)/t20-,21?/m1/s1. The first kappa shape index (κ1) is 24.3. The number of aliphatic imine (C=N–C) groups is 3. The summed E-state index contributed by atoms with van der Waals surface area (Å²) >= 11 is 4.04. The number of ether oxygens (including phenoxy) is 1. The largest absolute Gasteiger partial charge is 0.474 e. The van der Waals surface area contributed by atoms with E-state index in [9.17, 15) is 9.59 Å². The van der Waals surface area contributed by atoms with Crippen LogP contribution in [0.5, 0.6) is 0 Å². The predicted molar refractivity (Wildman–Crippen MR) is 137 cm³/mol. The Morgan fingerprint density at radius 1 is 1.00 bits per heavy atom. The van der Waals surface area contributed by atoms with Crippen LogP contribution < -0.4 is 21.7 Å². The Labute approximate surface area is 208 Å². The van der Waals surface area contributed by atoms with E-state index < -0.39 is 0 Å². The number of nitrogens with zero attached hydrogens (tertiary/aromatic N) is 3. The van der Waals surface area contributed by atoms with Crippen molar-refractivity contribution >= 4 is 42.6 Å². The van der Waals surface area contributed by atoms with Crippen LogP contribution in [0.25, 0.3) is 0 Å². The van der Waals surface area contributed by atoms with Crippen LogP contribution in [0, 0.1) is 0 Å². The Balaban J connectivity index is 1.23. The second kappa shape index (κ2) is 11.5. The van der Waals surface area contributed by atoms with Gasteiger partial charge in [-0.1, -0.05) is 36.4 Å². The molecule has 2 aliphatic heterocycles. The van der Waals surface area contributed by atoms with Crippen LogP contribution in [0.2, 0.25) is 0 Å². The average molecular weight is 494 g/mol. The van der Waals surface area contributed by atoms with Gasteiger partial charge in [-0.2, -0.15) is 17.6 Å². The van der Waals surface area contributed by atoms with Crippen molar-refractivity contribution in [2.75, 3.05) is 5.75 Å². The van der Waals surface area contributed by atoms with Gasteiger partial charge in [0.05, 0.1) is 6.34 Å². The van der Waals surface area contributed by atoms with Gasteiger partial charge in [-0.3, -0.25) is 9.59 Å². The lowest BCUT2D eigenvalue weighted by Gasteiger charge is -2.21. The van der Waals surface area contributed by atoms with Gasteiger partial charge in [0.2, 0.25) is 17.8 Å². The van der Waals surface area contributed by atoms with Crippen LogP contribution in [-0.2, 0) is 29.2 Å². The van der Waals surface area contributed by atoms with Gasteiger partial charge in [-0.05, 0) is 34.6 Å². The van der Waals surface area contributed by atoms with Crippen molar-refractivity contribution < 1.29 is 14.3 Å². The highest BCUT2D eigenvalue weighted by Gasteiger charge is 2.33. The lowest BCUT2D eigenvalue weighted by atomic mass is 10.1. The summed E-state index contributed by atoms with van der Waals surface area (Å²) in [5.41, 5.74) is 9.14. The Bertz CT molecular complexity index is 1150. The fraction of sp³-hybridized carbons (Fsp3) is 0.292. The first-order chi connectivity index (χ1) is 17.0. The van der Waals surface area contributed by atoms with E-state index in [1.54, 1.807) is 18.5 Å². The maximum atomic E-state index is 12.5. The Hall–Kier alpha value is -3.86. The zero-order chi connectivity index (χ0) is 24.6. The van der Waals surface area contributed by atoms with Crippen LogP contribution in [-0.4, -0.2) is 48.0 Å². The predicted octanol–water partition coefficient (Wildman–Crippen LogP) is 1.12. The van der Waals surface area contributed by atoms with E-state index in [0.29, 0.717) is 43.3 Å². The van der Waals surface area contributed by atoms with Crippen molar-refractivity contribution in [2.45, 2.75) is 38.3 Å². The molecule has 35 heavy (non-hydrogen) atoms. The van der Waals surface area contributed by atoms with Crippen molar-refractivity contribution in [3.05, 3.63) is 70.8 Å². The molecule has 2 aromatic carbocycles. The molecule has 10 nitrogen and oxygen atoms in total. The fourth-order valence-corrected chi connectivity index (χ4v) is 3.71. The molecule has 2 atom stereocenters. The minimum atomic E-state index is -0.339. The molecule has 4 rings (SSSR count). The number of nitrogens with two attached hydrogens (primary N) is 1. The van der Waals surface area contributed by atoms with Crippen LogP contribution in [0.15, 0.2) is 63.5 Å². The summed E-state index contributed by atoms with van der Waals surface area (Å²) in [6, 6.07) is 14.7. The third-order valence-corrected chi connectivity index (χ3v) is 5.67. The maximum Gasteiger partial charge on any atom is 0.251 e. The summed E-state index contributed by atoms with van der Waals surface area (Å²) in [4.78, 5) is 36.5. The van der Waals surface area contributed by atoms with E-state index in [4.69, 9.17) is 10.5 Å². The molecule has 5 N–H and O–H groups in total. The number of amides is 2. The molecule has 0 fully saturated rings. The zero-order valence-corrected chi connectivity index (χ0v) is 19.9. The highest BCUT2D eigenvalue weighted by atomic mass is 32.1. The van der Waals surface area contributed by atoms with Crippen molar-refractivity contribution in [1.82, 2.24) is 16.0 Å². The molecule has 0 aromatic heterocycles. The second-order valence-electron chi connectivity index (χ2n) is 8.01. The number of rotatable bonds is 9. The molecule has 182 valence electrons. The number of carbonyl (C=O) groups is 2. The van der Waals surface area contributed by atoms with Crippen molar-refractivity contribution in [1.29, 1.82) is 0 Å². The van der Waals surface area contributed by atoms with Gasteiger partial charge in [0.1, 0.15) is 12.6 Å². The third-order valence-electron chi connectivity index (χ3n) is 5.44. The molecular formula is C24H27N7O3S. The number of hydrogen-bond acceptors (Lipinski definition) is 9. The smallest absolute Gasteiger partial charge is 0.251 e. The molecule has 11 heteroatoms. The summed E-state index contributed by atoms with van der Waals surface area (Å²) in [6.07, 6.45) is 1.62. The number of thiol groups is 1. The number of nitrogens with one attached hydrogen (secondary N) is 3. The SMILES string of the molecule is NC1=NC2N=CN[C@H]2C(OCc2ccc(CNC(=O)c3ccc(CNC(=O)CCS)cc3)cc2)=N1. The van der Waals surface area contributed by atoms with Gasteiger partial charge < -0.3 is 26.4 Å². The van der Waals surface area contributed by atoms with Crippen LogP contribution >= 0.6 is 12.6 Å². The first-order valence-corrected chi connectivity index (χ1v) is 11.8. The number of benzene rings is 2. The molecule has 2 aromatic rings. The minimum Gasteiger partial charge on any atom is -0.474 e. The van der Waals surface area contributed by atoms with Gasteiger partial charge >= 0.3 is 0 Å². The van der Waals surface area contributed by atoms with Crippen LogP contribution in [0.1, 0.15) is 33.5 Å². The normalized spacial score (nSPS) is 18.1. The highest BCUT2D eigenvalue weighted by Crippen LogP contribution is 2.15. The molecule has 0 spiro atoms. The molecule has 2 heterocycles. The molecule has 0 saturated heterocycles. The van der Waals surface area contributed by atoms with Crippen molar-refractivity contribution in [3.8, 4) is 0 Å². The lowest BCUT2D eigenvalue weighted by molar-refractivity contribution is -0.120. The number of guanidine groups is 1. The number of fused-ring (bicyclic) bond motifs is 1. The number of hydrogen-bond donors (Lipinski definition) is 5. The molecule has 0 radical (unpaired) electrons. The second-order valence-corrected chi connectivity index (χ2v) is 8.46. The van der Waals surface area contributed by atoms with E-state index in [0.717, 1.165) is 16.7 Å². The van der Waals surface area contributed by atoms with E-state index in [-0.39, 0.29) is 30.0 Å². The monoisotopic (exact) mass is 493 g/mol. The van der Waals surface area contributed by atoms with E-state index >= 15 is 0 Å². The minimum absolute atomic E-state index is 0.0460. The fourth-order valence-electron chi connectivity index (χ4n) is 3.51. The summed E-state index contributed by atoms with van der Waals surface area (Å²) in [7, 11) is 0. The topological polar surface area (TPSA) is 143 Å². The maximum absolute atomic E-state index is 12.5. The average Bonchev–Trinajstić information content (AvgIpc) is 3.34. The summed E-state index contributed by atoms with van der Waals surface area (Å²) in [5.74, 6) is 0.909. The van der Waals surface area contributed by atoms with E-state index in [2.05, 4.69) is 43.6 Å². The van der Waals surface area contributed by atoms with Crippen LogP contribution in [0.3, 0.4) is 0 Å². The van der Waals surface area contributed by atoms with Crippen LogP contribution in [0.4, 0.5) is 0 Å². The van der Waals surface area contributed by atoms with Crippen molar-refractivity contribution in [3.63, 3.8) is 0 Å². The van der Waals surface area contributed by atoms with E-state index in [1.165, 1.54) is 0 Å². The molecule has 0 aliphatic carbocycles. The summed E-state index contributed by atoms with van der Waals surface area (Å²) < 4.78 is 5.85. The molecule has 2 amide bonds. The molecule has 1 unspecified atom stereocenters. The number of carbonyl (C=O) groups excluding carboxylic acids is 2.